The van der Waals surface area contributed by atoms with E-state index in [9.17, 15) is 14.4 Å². The van der Waals surface area contributed by atoms with Gasteiger partial charge in [-0.15, -0.1) is 0 Å². The van der Waals surface area contributed by atoms with Crippen LogP contribution in [0.15, 0.2) is 24.3 Å². The molecule has 0 saturated carbocycles. The van der Waals surface area contributed by atoms with Crippen molar-refractivity contribution in [2.45, 2.75) is 56.9 Å². The lowest BCUT2D eigenvalue weighted by molar-refractivity contribution is -0.116. The largest absolute Gasteiger partial charge is 0.461 e. The standard InChI is InChI=1S/C23H34N4O4S/c1-3-27(4-2)13-14-31-22(29)16-9-11-17(12-10-16)24-20(28)8-6-5-7-19-21-18(15-32-19)25-23(30)26-21/h9-12,18-19,21H,3-8,13-15H2,1-2H3,(H,24,28)(H2,25,26,30)/t18?,19-,21?/m1/s1. The lowest BCUT2D eigenvalue weighted by Crippen LogP contribution is -2.36. The van der Waals surface area contributed by atoms with Crippen LogP contribution in [0.1, 0.15) is 49.9 Å². The average molecular weight is 463 g/mol. The molecule has 0 bridgehead atoms. The molecule has 1 aromatic rings. The topological polar surface area (TPSA) is 99.8 Å². The van der Waals surface area contributed by atoms with Gasteiger partial charge >= 0.3 is 12.0 Å². The highest BCUT2D eigenvalue weighted by Crippen LogP contribution is 2.33. The summed E-state index contributed by atoms with van der Waals surface area (Å²) in [6, 6.07) is 7.18. The van der Waals surface area contributed by atoms with E-state index in [1.165, 1.54) is 0 Å². The van der Waals surface area contributed by atoms with E-state index in [-0.39, 0.29) is 30.0 Å². The van der Waals surface area contributed by atoms with Crippen molar-refractivity contribution in [1.82, 2.24) is 15.5 Å². The number of nitrogens with zero attached hydrogens (tertiary/aromatic N) is 1. The van der Waals surface area contributed by atoms with Gasteiger partial charge in [0.1, 0.15) is 6.61 Å². The Hall–Kier alpha value is -2.26. The maximum atomic E-state index is 12.2. The number of ether oxygens (including phenoxy) is 1. The Morgan fingerprint density at radius 3 is 2.62 bits per heavy atom. The Bertz CT molecular complexity index is 785. The van der Waals surface area contributed by atoms with Crippen LogP contribution in [-0.2, 0) is 9.53 Å². The molecule has 3 amide bonds. The van der Waals surface area contributed by atoms with Crippen LogP contribution in [0.25, 0.3) is 0 Å². The number of rotatable bonds is 12. The molecular weight excluding hydrogens is 428 g/mol. The lowest BCUT2D eigenvalue weighted by atomic mass is 10.0. The second-order valence-electron chi connectivity index (χ2n) is 8.16. The summed E-state index contributed by atoms with van der Waals surface area (Å²) in [7, 11) is 0. The highest BCUT2D eigenvalue weighted by molar-refractivity contribution is 8.00. The lowest BCUT2D eigenvalue weighted by Gasteiger charge is -2.17. The molecular formula is C23H34N4O4S. The Morgan fingerprint density at radius 1 is 1.16 bits per heavy atom. The van der Waals surface area contributed by atoms with Crippen molar-refractivity contribution in [3.63, 3.8) is 0 Å². The van der Waals surface area contributed by atoms with Crippen molar-refractivity contribution in [3.05, 3.63) is 29.8 Å². The number of amides is 3. The number of fused-ring (bicyclic) bond motifs is 1. The van der Waals surface area contributed by atoms with E-state index in [1.807, 2.05) is 11.8 Å². The molecule has 3 atom stereocenters. The fourth-order valence-electron chi connectivity index (χ4n) is 4.08. The smallest absolute Gasteiger partial charge is 0.338 e. The Labute approximate surface area is 194 Å². The second-order valence-corrected chi connectivity index (χ2v) is 9.43. The minimum atomic E-state index is -0.351. The van der Waals surface area contributed by atoms with Crippen LogP contribution in [0.5, 0.6) is 0 Å². The third-order valence-corrected chi connectivity index (χ3v) is 7.53. The molecule has 32 heavy (non-hydrogen) atoms. The number of carbonyl (C=O) groups is 3. The fraction of sp³-hybridized carbons (Fsp3) is 0.609. The molecule has 2 heterocycles. The maximum absolute atomic E-state index is 12.2. The number of urea groups is 1. The van der Waals surface area contributed by atoms with E-state index in [4.69, 9.17) is 4.74 Å². The van der Waals surface area contributed by atoms with E-state index in [2.05, 4.69) is 34.7 Å². The number of likely N-dealkylation sites (N-methyl/N-ethyl adjacent to an activating group) is 1. The first kappa shape index (κ1) is 24.4. The number of nitrogens with one attached hydrogen (secondary N) is 3. The van der Waals surface area contributed by atoms with Gasteiger partial charge in [-0.2, -0.15) is 11.8 Å². The number of hydrogen-bond acceptors (Lipinski definition) is 6. The van der Waals surface area contributed by atoms with Crippen molar-refractivity contribution < 1.29 is 19.1 Å². The van der Waals surface area contributed by atoms with Gasteiger partial charge in [-0.3, -0.25) is 4.79 Å². The van der Waals surface area contributed by atoms with Gasteiger partial charge in [-0.25, -0.2) is 9.59 Å². The molecule has 0 aromatic heterocycles. The molecule has 0 aliphatic carbocycles. The van der Waals surface area contributed by atoms with Crippen molar-refractivity contribution in [2.24, 2.45) is 0 Å². The Morgan fingerprint density at radius 2 is 1.91 bits per heavy atom. The van der Waals surface area contributed by atoms with Crippen LogP contribution in [0, 0.1) is 0 Å². The first-order valence-corrected chi connectivity index (χ1v) is 12.5. The molecule has 2 unspecified atom stereocenters. The Balaban J connectivity index is 1.32. The molecule has 0 radical (unpaired) electrons. The van der Waals surface area contributed by atoms with E-state index < -0.39 is 0 Å². The fourth-order valence-corrected chi connectivity index (χ4v) is 5.62. The predicted octanol–water partition coefficient (Wildman–Crippen LogP) is 2.85. The summed E-state index contributed by atoms with van der Waals surface area (Å²) in [6.07, 6.45) is 3.19. The van der Waals surface area contributed by atoms with Gasteiger partial charge in [0.25, 0.3) is 0 Å². The molecule has 3 N–H and O–H groups in total. The zero-order chi connectivity index (χ0) is 22.9. The highest BCUT2D eigenvalue weighted by Gasteiger charge is 2.42. The van der Waals surface area contributed by atoms with Crippen molar-refractivity contribution in [2.75, 3.05) is 37.3 Å². The minimum absolute atomic E-state index is 0.0349. The number of unbranched alkanes of at least 4 members (excludes halogenated alkanes) is 1. The molecule has 9 heteroatoms. The molecule has 2 aliphatic heterocycles. The summed E-state index contributed by atoms with van der Waals surface area (Å²) in [5.74, 6) is 0.566. The second kappa shape index (κ2) is 12.1. The van der Waals surface area contributed by atoms with Crippen molar-refractivity contribution >= 4 is 35.4 Å². The van der Waals surface area contributed by atoms with Gasteiger partial charge in [0.05, 0.1) is 17.6 Å². The minimum Gasteiger partial charge on any atom is -0.461 e. The molecule has 2 fully saturated rings. The van der Waals surface area contributed by atoms with Gasteiger partial charge in [0.15, 0.2) is 0 Å². The van der Waals surface area contributed by atoms with Crippen LogP contribution >= 0.6 is 11.8 Å². The van der Waals surface area contributed by atoms with Crippen LogP contribution < -0.4 is 16.0 Å². The molecule has 8 nitrogen and oxygen atoms in total. The number of benzene rings is 1. The summed E-state index contributed by atoms with van der Waals surface area (Å²) in [5.41, 5.74) is 1.15. The summed E-state index contributed by atoms with van der Waals surface area (Å²) in [6.45, 7) is 7.10. The van der Waals surface area contributed by atoms with E-state index >= 15 is 0 Å². The molecule has 2 saturated heterocycles. The SMILES string of the molecule is CCN(CC)CCOC(=O)c1ccc(NC(=O)CCCC[C@H]2SCC3NC(=O)NC32)cc1. The highest BCUT2D eigenvalue weighted by atomic mass is 32.2. The van der Waals surface area contributed by atoms with Gasteiger partial charge < -0.3 is 25.6 Å². The number of anilines is 1. The van der Waals surface area contributed by atoms with Crippen molar-refractivity contribution in [3.8, 4) is 0 Å². The predicted molar refractivity (Wildman–Crippen MR) is 127 cm³/mol. The zero-order valence-electron chi connectivity index (χ0n) is 18.9. The third kappa shape index (κ3) is 6.87. The Kier molecular flexibility index (Phi) is 9.23. The molecule has 176 valence electrons. The van der Waals surface area contributed by atoms with Gasteiger partial charge in [0, 0.05) is 29.7 Å². The molecule has 2 aliphatic rings. The van der Waals surface area contributed by atoms with E-state index in [0.717, 1.165) is 44.6 Å². The van der Waals surface area contributed by atoms with Crippen LogP contribution in [0.4, 0.5) is 10.5 Å². The van der Waals surface area contributed by atoms with Crippen LogP contribution in [-0.4, -0.2) is 72.1 Å². The summed E-state index contributed by atoms with van der Waals surface area (Å²) in [5, 5.41) is 9.24. The molecule has 3 rings (SSSR count). The first-order chi connectivity index (χ1) is 15.5. The van der Waals surface area contributed by atoms with Crippen LogP contribution in [0.3, 0.4) is 0 Å². The number of hydrogen-bond donors (Lipinski definition) is 3. The quantitative estimate of drug-likeness (QED) is 0.251. The summed E-state index contributed by atoms with van der Waals surface area (Å²) < 4.78 is 5.33. The number of carbonyl (C=O) groups excluding carboxylic acids is 3. The van der Waals surface area contributed by atoms with E-state index in [1.54, 1.807) is 24.3 Å². The first-order valence-electron chi connectivity index (χ1n) is 11.5. The van der Waals surface area contributed by atoms with Gasteiger partial charge in [-0.1, -0.05) is 20.3 Å². The zero-order valence-corrected chi connectivity index (χ0v) is 19.7. The van der Waals surface area contributed by atoms with E-state index in [0.29, 0.717) is 29.5 Å². The molecule has 0 spiro atoms. The summed E-state index contributed by atoms with van der Waals surface area (Å²) >= 11 is 1.89. The average Bonchev–Trinajstić information content (AvgIpc) is 3.34. The summed E-state index contributed by atoms with van der Waals surface area (Å²) in [4.78, 5) is 38.0. The third-order valence-electron chi connectivity index (χ3n) is 6.02. The maximum Gasteiger partial charge on any atom is 0.338 e. The monoisotopic (exact) mass is 462 g/mol. The number of thioether (sulfide) groups is 1. The van der Waals surface area contributed by atoms with Gasteiger partial charge in [-0.05, 0) is 50.2 Å². The van der Waals surface area contributed by atoms with Crippen molar-refractivity contribution in [1.29, 1.82) is 0 Å². The van der Waals surface area contributed by atoms with Gasteiger partial charge in [0.2, 0.25) is 5.91 Å². The van der Waals surface area contributed by atoms with Crippen LogP contribution in [0.2, 0.25) is 0 Å². The number of esters is 1. The normalized spacial score (nSPS) is 21.7. The molecule has 1 aromatic carbocycles.